The summed E-state index contributed by atoms with van der Waals surface area (Å²) in [5.41, 5.74) is 1.53. The molecule has 0 radical (unpaired) electrons. The number of halogens is 6. The third-order valence-electron chi connectivity index (χ3n) is 10.3. The van der Waals surface area contributed by atoms with Gasteiger partial charge in [0.25, 0.3) is 0 Å². The van der Waals surface area contributed by atoms with Crippen LogP contribution in [0.15, 0.2) is 6.07 Å². The van der Waals surface area contributed by atoms with E-state index in [0.29, 0.717) is 39.0 Å². The van der Waals surface area contributed by atoms with Gasteiger partial charge in [0.05, 0.1) is 23.4 Å². The summed E-state index contributed by atoms with van der Waals surface area (Å²) >= 11 is 0. The fourth-order valence-electron chi connectivity index (χ4n) is 7.85. The third kappa shape index (κ3) is 5.41. The zero-order valence-corrected chi connectivity index (χ0v) is 26.0. The summed E-state index contributed by atoms with van der Waals surface area (Å²) in [4.78, 5) is 12.8. The fourth-order valence-corrected chi connectivity index (χ4v) is 7.85. The van der Waals surface area contributed by atoms with Crippen molar-refractivity contribution in [1.29, 1.82) is 5.26 Å². The highest BCUT2D eigenvalue weighted by molar-refractivity contribution is 5.95. The Morgan fingerprint density at radius 3 is 2.38 bits per heavy atom. The molecular weight excluding hydrogens is 624 g/mol. The first-order valence-corrected chi connectivity index (χ1v) is 15.9. The van der Waals surface area contributed by atoms with Crippen molar-refractivity contribution in [2.75, 3.05) is 50.5 Å². The Bertz CT molecular complexity index is 1780. The highest BCUT2D eigenvalue weighted by Gasteiger charge is 2.45. The summed E-state index contributed by atoms with van der Waals surface area (Å²) in [7, 11) is 1.84. The molecule has 250 valence electrons. The molecule has 4 aliphatic rings. The van der Waals surface area contributed by atoms with Gasteiger partial charge in [-0.25, -0.2) is 26.3 Å². The van der Waals surface area contributed by atoms with Crippen LogP contribution in [0, 0.1) is 45.9 Å². The van der Waals surface area contributed by atoms with Crippen LogP contribution in [0.5, 0.6) is 6.01 Å². The summed E-state index contributed by atoms with van der Waals surface area (Å²) in [6.45, 7) is 3.34. The van der Waals surface area contributed by atoms with Gasteiger partial charge in [-0.1, -0.05) is 6.92 Å². The summed E-state index contributed by atoms with van der Waals surface area (Å²) < 4.78 is 97.5. The predicted molar refractivity (Wildman–Crippen MR) is 163 cm³/mol. The Hall–Kier alpha value is -3.83. The number of anilines is 2. The number of alkyl halides is 2. The largest absolute Gasteiger partial charge is 0.463 e. The monoisotopic (exact) mass is 659 g/mol. The normalized spacial score (nSPS) is 26.3. The van der Waals surface area contributed by atoms with E-state index in [4.69, 9.17) is 10.5 Å². The number of nitrogens with one attached hydrogen (secondary N) is 1. The summed E-state index contributed by atoms with van der Waals surface area (Å²) in [6.07, 6.45) is 0.402. The lowest BCUT2D eigenvalue weighted by atomic mass is 9.73. The van der Waals surface area contributed by atoms with Crippen LogP contribution in [0.4, 0.5) is 37.8 Å². The van der Waals surface area contributed by atoms with Crippen molar-refractivity contribution in [1.82, 2.24) is 20.2 Å². The summed E-state index contributed by atoms with van der Waals surface area (Å²) in [5, 5.41) is 13.5. The molecule has 1 aliphatic carbocycles. The van der Waals surface area contributed by atoms with Gasteiger partial charge in [0.1, 0.15) is 23.2 Å². The van der Waals surface area contributed by atoms with E-state index in [1.165, 1.54) is 0 Å². The molecule has 3 N–H and O–H groups in total. The van der Waals surface area contributed by atoms with Crippen molar-refractivity contribution in [2.24, 2.45) is 11.3 Å². The number of aromatic nitrogens is 2. The molecule has 0 amide bonds. The van der Waals surface area contributed by atoms with E-state index in [0.717, 1.165) is 18.9 Å². The molecule has 3 aromatic rings. The van der Waals surface area contributed by atoms with Gasteiger partial charge >= 0.3 is 6.01 Å². The Balaban J connectivity index is 1.40. The van der Waals surface area contributed by atoms with Crippen LogP contribution in [0.25, 0.3) is 22.0 Å². The van der Waals surface area contributed by atoms with Crippen LogP contribution in [0.1, 0.15) is 56.1 Å². The second-order valence-corrected chi connectivity index (χ2v) is 13.8. The zero-order valence-electron chi connectivity index (χ0n) is 26.0. The van der Waals surface area contributed by atoms with Crippen LogP contribution < -0.4 is 20.7 Å². The SMILES string of the molecule is CN1CC[C@H](C(F)F)[C@](C)(COc2nc(N3C[C@H]4CC[C@@H](C3)N4)c3cc(F)c(-c4c(C#N)c(N)c(F)c(F)c4C4CC4)c(F)c3n2)C1. The van der Waals surface area contributed by atoms with Gasteiger partial charge in [0, 0.05) is 59.6 Å². The average Bonchev–Trinajstić information content (AvgIpc) is 3.81. The van der Waals surface area contributed by atoms with Crippen LogP contribution >= 0.6 is 0 Å². The number of ether oxygens (including phenoxy) is 1. The minimum atomic E-state index is -2.58. The molecule has 2 aromatic carbocycles. The fraction of sp³-hybridized carbons (Fsp3) is 0.545. The maximum absolute atomic E-state index is 16.9. The molecule has 4 fully saturated rings. The number of nitrogen functional groups attached to an aromatic ring is 1. The van der Waals surface area contributed by atoms with Gasteiger partial charge in [-0.15, -0.1) is 0 Å². The third-order valence-corrected chi connectivity index (χ3v) is 10.3. The molecule has 3 aliphatic heterocycles. The first-order valence-electron chi connectivity index (χ1n) is 15.9. The van der Waals surface area contributed by atoms with Crippen molar-refractivity contribution in [3.05, 3.63) is 40.5 Å². The van der Waals surface area contributed by atoms with E-state index in [1.807, 2.05) is 16.8 Å². The van der Waals surface area contributed by atoms with Gasteiger partial charge in [-0.2, -0.15) is 15.2 Å². The Kier molecular flexibility index (Phi) is 7.90. The van der Waals surface area contributed by atoms with Crippen molar-refractivity contribution < 1.29 is 31.1 Å². The number of nitrogens with two attached hydrogens (primary N) is 1. The van der Waals surface area contributed by atoms with Crippen molar-refractivity contribution in [3.63, 3.8) is 0 Å². The van der Waals surface area contributed by atoms with E-state index in [1.54, 1.807) is 13.0 Å². The number of nitriles is 1. The summed E-state index contributed by atoms with van der Waals surface area (Å²) in [5.74, 6) is -6.42. The Labute approximate surface area is 267 Å². The molecule has 3 saturated heterocycles. The molecule has 47 heavy (non-hydrogen) atoms. The molecule has 1 saturated carbocycles. The minimum absolute atomic E-state index is 0.0218. The number of piperazine rings is 1. The van der Waals surface area contributed by atoms with Gasteiger partial charge in [-0.3, -0.25) is 0 Å². The molecule has 14 heteroatoms. The second-order valence-electron chi connectivity index (χ2n) is 13.8. The van der Waals surface area contributed by atoms with E-state index in [2.05, 4.69) is 15.3 Å². The van der Waals surface area contributed by atoms with Crippen LogP contribution in [-0.2, 0) is 0 Å². The average molecular weight is 660 g/mol. The number of fused-ring (bicyclic) bond motifs is 3. The lowest BCUT2D eigenvalue weighted by Gasteiger charge is -2.44. The van der Waals surface area contributed by atoms with E-state index >= 15 is 13.2 Å². The highest BCUT2D eigenvalue weighted by atomic mass is 19.3. The zero-order chi connectivity index (χ0) is 33.4. The second kappa shape index (κ2) is 11.7. The smallest absolute Gasteiger partial charge is 0.319 e. The Morgan fingerprint density at radius 1 is 1.04 bits per heavy atom. The molecule has 4 atom stereocenters. The molecule has 4 heterocycles. The van der Waals surface area contributed by atoms with Crippen LogP contribution in [0.3, 0.4) is 0 Å². The van der Waals surface area contributed by atoms with Gasteiger partial charge < -0.3 is 25.6 Å². The predicted octanol–water partition coefficient (Wildman–Crippen LogP) is 5.73. The van der Waals surface area contributed by atoms with E-state index < -0.39 is 69.3 Å². The molecule has 0 spiro atoms. The summed E-state index contributed by atoms with van der Waals surface area (Å²) in [6, 6.07) is 2.73. The van der Waals surface area contributed by atoms with E-state index in [9.17, 15) is 18.4 Å². The highest BCUT2D eigenvalue weighted by Crippen LogP contribution is 2.50. The number of likely N-dealkylation sites (tertiary alicyclic amines) is 1. The topological polar surface area (TPSA) is 103 Å². The lowest BCUT2D eigenvalue weighted by molar-refractivity contribution is -0.0679. The molecule has 8 nitrogen and oxygen atoms in total. The van der Waals surface area contributed by atoms with Gasteiger partial charge in [0.15, 0.2) is 17.5 Å². The van der Waals surface area contributed by atoms with Crippen LogP contribution in [-0.4, -0.2) is 73.2 Å². The molecule has 7 rings (SSSR count). The number of benzene rings is 2. The quantitative estimate of drug-likeness (QED) is 0.245. The molecule has 0 unspecified atom stereocenters. The number of piperidine rings is 1. The maximum Gasteiger partial charge on any atom is 0.319 e. The maximum atomic E-state index is 16.9. The van der Waals surface area contributed by atoms with Crippen molar-refractivity contribution in [2.45, 2.75) is 63.5 Å². The standard InChI is InChI=1S/C33H35F6N7O/c1-33(13-45(2)8-7-20(33)30(38)39)14-47-32-43-29-18(31(44-32)46-11-16-5-6-17(12-46)42-16)9-21(34)24(26(29)36)23-19(10-40)28(41)27(37)25(35)22(23)15-3-4-15/h9,15-17,20,30,42H,3-8,11-14,41H2,1-2H3/t16-,17+,20-,33+/m1/s1. The number of rotatable bonds is 7. The van der Waals surface area contributed by atoms with Crippen molar-refractivity contribution in [3.8, 4) is 23.2 Å². The number of hydrogen-bond donors (Lipinski definition) is 2. The van der Waals surface area contributed by atoms with Gasteiger partial charge in [-0.05, 0) is 57.7 Å². The van der Waals surface area contributed by atoms with Crippen LogP contribution in [0.2, 0.25) is 0 Å². The number of hydrogen-bond acceptors (Lipinski definition) is 8. The van der Waals surface area contributed by atoms with E-state index in [-0.39, 0.29) is 53.4 Å². The Morgan fingerprint density at radius 2 is 1.74 bits per heavy atom. The molecule has 2 bridgehead atoms. The first-order chi connectivity index (χ1) is 22.4. The number of nitrogens with zero attached hydrogens (tertiary/aromatic N) is 5. The first kappa shape index (κ1) is 31.8. The minimum Gasteiger partial charge on any atom is -0.463 e. The molecule has 1 aromatic heterocycles. The molecular formula is C33H35F6N7O. The van der Waals surface area contributed by atoms with Gasteiger partial charge in [0.2, 0.25) is 6.43 Å². The lowest BCUT2D eigenvalue weighted by Crippen LogP contribution is -2.51. The van der Waals surface area contributed by atoms with Crippen molar-refractivity contribution >= 4 is 22.4 Å².